The van der Waals surface area contributed by atoms with Gasteiger partial charge in [-0.3, -0.25) is 0 Å². The number of methoxy groups -OCH3 is 1. The third-order valence-corrected chi connectivity index (χ3v) is 5.55. The zero-order valence-electron chi connectivity index (χ0n) is 16.9. The molecule has 0 N–H and O–H groups in total. The average molecular weight is 384 g/mol. The highest BCUT2D eigenvalue weighted by atomic mass is 19.1. The molecule has 0 aromatic heterocycles. The van der Waals surface area contributed by atoms with Crippen molar-refractivity contribution in [3.8, 4) is 16.9 Å². The van der Waals surface area contributed by atoms with E-state index in [1.54, 1.807) is 7.11 Å². The summed E-state index contributed by atoms with van der Waals surface area (Å²) in [5.41, 5.74) is 5.40. The SMILES string of the molecule is CCc1ccc(CCc2ccc3c(F)c(-c4ccc(OC)cc4)ccc3c2)cc1. The maximum absolute atomic E-state index is 15.2. The summed E-state index contributed by atoms with van der Waals surface area (Å²) < 4.78 is 20.4. The minimum Gasteiger partial charge on any atom is -0.497 e. The summed E-state index contributed by atoms with van der Waals surface area (Å²) >= 11 is 0. The van der Waals surface area contributed by atoms with Crippen LogP contribution in [0.15, 0.2) is 78.9 Å². The molecule has 0 heterocycles. The number of fused-ring (bicyclic) bond motifs is 1. The van der Waals surface area contributed by atoms with Crippen LogP contribution in [0.3, 0.4) is 0 Å². The van der Waals surface area contributed by atoms with E-state index >= 15 is 4.39 Å². The highest BCUT2D eigenvalue weighted by molar-refractivity contribution is 5.88. The van der Waals surface area contributed by atoms with Crippen molar-refractivity contribution in [2.45, 2.75) is 26.2 Å². The monoisotopic (exact) mass is 384 g/mol. The van der Waals surface area contributed by atoms with Gasteiger partial charge in [0.25, 0.3) is 0 Å². The van der Waals surface area contributed by atoms with Crippen molar-refractivity contribution in [1.29, 1.82) is 0 Å². The van der Waals surface area contributed by atoms with Crippen LogP contribution < -0.4 is 4.74 Å². The number of ether oxygens (including phenoxy) is 1. The second-order valence-electron chi connectivity index (χ2n) is 7.38. The quantitative estimate of drug-likeness (QED) is 0.348. The number of rotatable bonds is 6. The highest BCUT2D eigenvalue weighted by Gasteiger charge is 2.10. The first kappa shape index (κ1) is 19.2. The van der Waals surface area contributed by atoms with Crippen LogP contribution in [0, 0.1) is 5.82 Å². The Bertz CT molecular complexity index is 1110. The fraction of sp³-hybridized carbons (Fsp3) is 0.185. The van der Waals surface area contributed by atoms with Gasteiger partial charge in [0.1, 0.15) is 11.6 Å². The summed E-state index contributed by atoms with van der Waals surface area (Å²) in [7, 11) is 1.63. The van der Waals surface area contributed by atoms with Crippen molar-refractivity contribution in [2.75, 3.05) is 7.11 Å². The Kier molecular flexibility index (Phi) is 5.62. The van der Waals surface area contributed by atoms with Gasteiger partial charge in [0.05, 0.1) is 7.11 Å². The molecule has 4 aromatic carbocycles. The van der Waals surface area contributed by atoms with Crippen LogP contribution in [-0.2, 0) is 19.3 Å². The van der Waals surface area contributed by atoms with Gasteiger partial charge in [-0.2, -0.15) is 0 Å². The molecule has 0 saturated carbocycles. The van der Waals surface area contributed by atoms with Gasteiger partial charge in [-0.25, -0.2) is 4.39 Å². The van der Waals surface area contributed by atoms with Crippen molar-refractivity contribution in [2.24, 2.45) is 0 Å². The molecule has 0 saturated heterocycles. The molecular formula is C27H25FO. The first-order valence-electron chi connectivity index (χ1n) is 10.1. The van der Waals surface area contributed by atoms with E-state index in [0.717, 1.165) is 36.0 Å². The number of hydrogen-bond acceptors (Lipinski definition) is 1. The third-order valence-electron chi connectivity index (χ3n) is 5.55. The summed E-state index contributed by atoms with van der Waals surface area (Å²) in [5, 5.41) is 1.60. The standard InChI is InChI=1S/C27H25FO/c1-3-19-4-6-20(7-5-19)8-9-21-10-16-26-23(18-21)13-17-25(27(26)28)22-11-14-24(29-2)15-12-22/h4-7,10-18H,3,8-9H2,1-2H3. The molecule has 0 spiro atoms. The topological polar surface area (TPSA) is 9.23 Å². The Morgan fingerprint density at radius 1 is 0.724 bits per heavy atom. The van der Waals surface area contributed by atoms with Crippen LogP contribution in [0.25, 0.3) is 21.9 Å². The Hall–Kier alpha value is -3.13. The molecule has 0 aliphatic rings. The zero-order valence-corrected chi connectivity index (χ0v) is 16.9. The zero-order chi connectivity index (χ0) is 20.2. The van der Waals surface area contributed by atoms with Gasteiger partial charge in [-0.15, -0.1) is 0 Å². The smallest absolute Gasteiger partial charge is 0.138 e. The van der Waals surface area contributed by atoms with E-state index in [0.29, 0.717) is 10.9 Å². The van der Waals surface area contributed by atoms with E-state index in [-0.39, 0.29) is 5.82 Å². The highest BCUT2D eigenvalue weighted by Crippen LogP contribution is 2.30. The summed E-state index contributed by atoms with van der Waals surface area (Å²) in [6.07, 6.45) is 3.00. The summed E-state index contributed by atoms with van der Waals surface area (Å²) in [6.45, 7) is 2.17. The lowest BCUT2D eigenvalue weighted by molar-refractivity contribution is 0.415. The molecule has 146 valence electrons. The lowest BCUT2D eigenvalue weighted by atomic mass is 9.97. The van der Waals surface area contributed by atoms with Gasteiger partial charge in [-0.1, -0.05) is 73.7 Å². The molecule has 0 atom stereocenters. The minimum absolute atomic E-state index is 0.172. The molecule has 0 amide bonds. The van der Waals surface area contributed by atoms with Crippen molar-refractivity contribution >= 4 is 10.8 Å². The van der Waals surface area contributed by atoms with E-state index in [1.807, 2.05) is 48.5 Å². The molecule has 0 radical (unpaired) electrons. The van der Waals surface area contributed by atoms with Crippen molar-refractivity contribution in [3.05, 3.63) is 101 Å². The molecule has 0 fully saturated rings. The molecule has 4 aromatic rings. The van der Waals surface area contributed by atoms with Crippen molar-refractivity contribution in [3.63, 3.8) is 0 Å². The first-order valence-corrected chi connectivity index (χ1v) is 10.1. The maximum Gasteiger partial charge on any atom is 0.138 e. The summed E-state index contributed by atoms with van der Waals surface area (Å²) in [5.74, 6) is 0.596. The van der Waals surface area contributed by atoms with Gasteiger partial charge in [-0.05, 0) is 59.0 Å². The van der Waals surface area contributed by atoms with Gasteiger partial charge in [0, 0.05) is 10.9 Å². The van der Waals surface area contributed by atoms with Crippen LogP contribution in [0.1, 0.15) is 23.6 Å². The summed E-state index contributed by atoms with van der Waals surface area (Å²) in [6, 6.07) is 26.3. The van der Waals surface area contributed by atoms with E-state index < -0.39 is 0 Å². The molecule has 4 rings (SSSR count). The summed E-state index contributed by atoms with van der Waals surface area (Å²) in [4.78, 5) is 0. The average Bonchev–Trinajstić information content (AvgIpc) is 2.78. The predicted molar refractivity (Wildman–Crippen MR) is 119 cm³/mol. The lowest BCUT2D eigenvalue weighted by Gasteiger charge is -2.10. The van der Waals surface area contributed by atoms with Crippen LogP contribution in [0.4, 0.5) is 4.39 Å². The number of aryl methyl sites for hydroxylation is 3. The molecule has 0 aliphatic heterocycles. The van der Waals surface area contributed by atoms with E-state index in [4.69, 9.17) is 4.74 Å². The molecule has 29 heavy (non-hydrogen) atoms. The Morgan fingerprint density at radius 3 is 2.07 bits per heavy atom. The minimum atomic E-state index is -0.172. The second-order valence-corrected chi connectivity index (χ2v) is 7.38. The fourth-order valence-corrected chi connectivity index (χ4v) is 3.72. The molecule has 0 bridgehead atoms. The third kappa shape index (κ3) is 4.17. The van der Waals surface area contributed by atoms with Crippen LogP contribution in [0.5, 0.6) is 5.75 Å². The van der Waals surface area contributed by atoms with Gasteiger partial charge < -0.3 is 4.74 Å². The predicted octanol–water partition coefficient (Wildman–Crippen LogP) is 7.00. The largest absolute Gasteiger partial charge is 0.497 e. The molecule has 2 heteroatoms. The molecule has 0 unspecified atom stereocenters. The number of benzene rings is 4. The maximum atomic E-state index is 15.2. The molecule has 0 aliphatic carbocycles. The van der Waals surface area contributed by atoms with Crippen LogP contribution >= 0.6 is 0 Å². The Morgan fingerprint density at radius 2 is 1.38 bits per heavy atom. The van der Waals surface area contributed by atoms with Crippen molar-refractivity contribution < 1.29 is 9.13 Å². The van der Waals surface area contributed by atoms with E-state index in [9.17, 15) is 0 Å². The van der Waals surface area contributed by atoms with Crippen molar-refractivity contribution in [1.82, 2.24) is 0 Å². The van der Waals surface area contributed by atoms with Crippen LogP contribution in [0.2, 0.25) is 0 Å². The Labute approximate surface area is 171 Å². The normalized spacial score (nSPS) is 11.0. The number of halogens is 1. The van der Waals surface area contributed by atoms with Gasteiger partial charge >= 0.3 is 0 Å². The Balaban J connectivity index is 1.56. The lowest BCUT2D eigenvalue weighted by Crippen LogP contribution is -1.93. The number of hydrogen-bond donors (Lipinski definition) is 0. The molecule has 1 nitrogen and oxygen atoms in total. The van der Waals surface area contributed by atoms with E-state index in [1.165, 1.54) is 16.7 Å². The van der Waals surface area contributed by atoms with Gasteiger partial charge in [0.2, 0.25) is 0 Å². The fourth-order valence-electron chi connectivity index (χ4n) is 3.72. The molecular weight excluding hydrogens is 359 g/mol. The van der Waals surface area contributed by atoms with Gasteiger partial charge in [0.15, 0.2) is 0 Å². The second kappa shape index (κ2) is 8.48. The van der Waals surface area contributed by atoms with E-state index in [2.05, 4.69) is 37.3 Å². The first-order chi connectivity index (χ1) is 14.2. The van der Waals surface area contributed by atoms with Crippen LogP contribution in [-0.4, -0.2) is 7.11 Å².